The summed E-state index contributed by atoms with van der Waals surface area (Å²) in [5, 5.41) is 11.8. The molecule has 1 aromatic heterocycles. The molecule has 0 radical (unpaired) electrons. The van der Waals surface area contributed by atoms with E-state index in [0.717, 1.165) is 4.57 Å². The molecule has 1 unspecified atom stereocenters. The van der Waals surface area contributed by atoms with Gasteiger partial charge < -0.3 is 14.8 Å². The molecule has 2 aliphatic rings. The summed E-state index contributed by atoms with van der Waals surface area (Å²) in [6, 6.07) is 3.75. The van der Waals surface area contributed by atoms with Gasteiger partial charge in [0.15, 0.2) is 5.58 Å². The van der Waals surface area contributed by atoms with Gasteiger partial charge in [-0.2, -0.15) is 0 Å². The van der Waals surface area contributed by atoms with Crippen molar-refractivity contribution >= 4 is 52.2 Å². The number of nitrogens with one attached hydrogen (secondary N) is 1. The summed E-state index contributed by atoms with van der Waals surface area (Å²) < 4.78 is 6.20. The Labute approximate surface area is 166 Å². The summed E-state index contributed by atoms with van der Waals surface area (Å²) >= 11 is 7.31. The maximum Gasteiger partial charge on any atom is 0.420 e. The quantitative estimate of drug-likeness (QED) is 0.703. The Hall–Kier alpha value is -2.72. The van der Waals surface area contributed by atoms with Gasteiger partial charge in [-0.3, -0.25) is 19.1 Å². The van der Waals surface area contributed by atoms with Crippen molar-refractivity contribution in [1.82, 2.24) is 14.8 Å². The third kappa shape index (κ3) is 2.89. The number of amides is 2. The maximum absolute atomic E-state index is 12.4. The molecule has 0 bridgehead atoms. The number of carbonyl (C=O) groups excluding carboxylic acids is 2. The van der Waals surface area contributed by atoms with Gasteiger partial charge in [0, 0.05) is 10.8 Å². The first-order valence-corrected chi connectivity index (χ1v) is 9.66. The second-order valence-corrected chi connectivity index (χ2v) is 8.00. The highest BCUT2D eigenvalue weighted by atomic mass is 35.5. The molecule has 2 atom stereocenters. The van der Waals surface area contributed by atoms with Gasteiger partial charge >= 0.3 is 11.7 Å². The summed E-state index contributed by atoms with van der Waals surface area (Å²) in [4.78, 5) is 49.5. The molecule has 28 heavy (non-hydrogen) atoms. The standard InChI is InChI=1S/C17H14ClN3O6S/c1-7-6-28-15-12(14(23)21(15)13(7)16(24)25)19-11(22)5-20-9-4-8(18)2-3-10(9)27-17(20)26/h2-4,12,15H,5-6H2,1H3,(H,19,22)(H,24,25)/t12?,15-/m1/s1. The molecular weight excluding hydrogens is 410 g/mol. The van der Waals surface area contributed by atoms with Gasteiger partial charge in [-0.05, 0) is 30.7 Å². The number of benzene rings is 1. The predicted molar refractivity (Wildman–Crippen MR) is 101 cm³/mol. The number of hydrogen-bond acceptors (Lipinski definition) is 6. The van der Waals surface area contributed by atoms with Gasteiger partial charge in [0.25, 0.3) is 5.91 Å². The van der Waals surface area contributed by atoms with Crippen molar-refractivity contribution in [2.24, 2.45) is 0 Å². The molecule has 9 nitrogen and oxygen atoms in total. The van der Waals surface area contributed by atoms with Crippen LogP contribution in [0.4, 0.5) is 0 Å². The molecule has 0 spiro atoms. The third-order valence-electron chi connectivity index (χ3n) is 4.61. The number of rotatable bonds is 4. The molecule has 1 fully saturated rings. The summed E-state index contributed by atoms with van der Waals surface area (Å²) in [6.45, 7) is 1.31. The van der Waals surface area contributed by atoms with Crippen LogP contribution >= 0.6 is 23.4 Å². The van der Waals surface area contributed by atoms with Gasteiger partial charge in [-0.25, -0.2) is 9.59 Å². The fourth-order valence-electron chi connectivity index (χ4n) is 3.32. The summed E-state index contributed by atoms with van der Waals surface area (Å²) in [7, 11) is 0. The first-order chi connectivity index (χ1) is 13.3. The number of thioether (sulfide) groups is 1. The number of halogens is 1. The zero-order chi connectivity index (χ0) is 20.2. The fourth-order valence-corrected chi connectivity index (χ4v) is 4.78. The first kappa shape index (κ1) is 18.6. The van der Waals surface area contributed by atoms with Crippen molar-refractivity contribution in [2.75, 3.05) is 5.75 Å². The highest BCUT2D eigenvalue weighted by molar-refractivity contribution is 8.00. The molecule has 11 heteroatoms. The van der Waals surface area contributed by atoms with Crippen molar-refractivity contribution in [1.29, 1.82) is 0 Å². The van der Waals surface area contributed by atoms with E-state index in [9.17, 15) is 24.3 Å². The van der Waals surface area contributed by atoms with Crippen LogP contribution in [0.25, 0.3) is 11.1 Å². The molecule has 146 valence electrons. The van der Waals surface area contributed by atoms with E-state index in [1.807, 2.05) is 0 Å². The lowest BCUT2D eigenvalue weighted by Crippen LogP contribution is -2.70. The number of carboxylic acids is 1. The first-order valence-electron chi connectivity index (χ1n) is 8.24. The van der Waals surface area contributed by atoms with E-state index in [1.165, 1.54) is 28.8 Å². The summed E-state index contributed by atoms with van der Waals surface area (Å²) in [5.41, 5.74) is 1.22. The number of carboxylic acid groups (broad SMARTS) is 1. The summed E-state index contributed by atoms with van der Waals surface area (Å²) in [6.07, 6.45) is 0. The number of carbonyl (C=O) groups is 3. The average molecular weight is 424 g/mol. The lowest BCUT2D eigenvalue weighted by Gasteiger charge is -2.49. The zero-order valence-corrected chi connectivity index (χ0v) is 16.0. The number of β-lactam (4-membered cyclic amide) rings is 1. The molecule has 2 N–H and O–H groups in total. The van der Waals surface area contributed by atoms with Crippen LogP contribution in [0.15, 0.2) is 38.7 Å². The van der Waals surface area contributed by atoms with Crippen molar-refractivity contribution < 1.29 is 23.9 Å². The Morgan fingerprint density at radius 3 is 2.86 bits per heavy atom. The number of hydrogen-bond donors (Lipinski definition) is 2. The Morgan fingerprint density at radius 2 is 2.14 bits per heavy atom. The van der Waals surface area contributed by atoms with E-state index in [2.05, 4.69) is 5.32 Å². The van der Waals surface area contributed by atoms with Crippen LogP contribution < -0.4 is 11.1 Å². The maximum atomic E-state index is 12.4. The van der Waals surface area contributed by atoms with Crippen LogP contribution in [0, 0.1) is 0 Å². The minimum absolute atomic E-state index is 0.0362. The Kier molecular flexibility index (Phi) is 4.47. The minimum atomic E-state index is -1.17. The minimum Gasteiger partial charge on any atom is -0.477 e. The second-order valence-electron chi connectivity index (χ2n) is 6.46. The molecule has 2 amide bonds. The lowest BCUT2D eigenvalue weighted by molar-refractivity contribution is -0.150. The molecule has 0 aliphatic carbocycles. The van der Waals surface area contributed by atoms with Crippen molar-refractivity contribution in [3.05, 3.63) is 45.0 Å². The van der Waals surface area contributed by atoms with Crippen LogP contribution in [0.3, 0.4) is 0 Å². The van der Waals surface area contributed by atoms with Crippen LogP contribution in [0.1, 0.15) is 6.92 Å². The van der Waals surface area contributed by atoms with Crippen molar-refractivity contribution in [2.45, 2.75) is 24.9 Å². The summed E-state index contributed by atoms with van der Waals surface area (Å²) in [5.74, 6) is -2.49. The van der Waals surface area contributed by atoms with Gasteiger partial charge in [0.2, 0.25) is 5.91 Å². The van der Waals surface area contributed by atoms with E-state index in [0.29, 0.717) is 27.4 Å². The van der Waals surface area contributed by atoms with Gasteiger partial charge in [-0.1, -0.05) is 11.6 Å². The second kappa shape index (κ2) is 6.71. The SMILES string of the molecule is CC1=C(C(=O)O)N2C(=O)C(NC(=O)Cn3c(=O)oc4ccc(Cl)cc43)[C@H]2SC1. The van der Waals surface area contributed by atoms with Gasteiger partial charge in [-0.15, -0.1) is 11.8 Å². The molecule has 4 rings (SSSR count). The average Bonchev–Trinajstić information content (AvgIpc) is 2.94. The van der Waals surface area contributed by atoms with E-state index in [-0.39, 0.29) is 12.2 Å². The largest absolute Gasteiger partial charge is 0.477 e. The number of fused-ring (bicyclic) bond motifs is 2. The molecule has 2 aromatic rings. The molecule has 0 saturated carbocycles. The monoisotopic (exact) mass is 423 g/mol. The van der Waals surface area contributed by atoms with Crippen LogP contribution in [0.5, 0.6) is 0 Å². The molecule has 2 aliphatic heterocycles. The lowest BCUT2D eigenvalue weighted by atomic mass is 10.0. The number of aromatic nitrogens is 1. The highest BCUT2D eigenvalue weighted by Crippen LogP contribution is 2.40. The van der Waals surface area contributed by atoms with Crippen LogP contribution in [0.2, 0.25) is 5.02 Å². The molecular formula is C17H14ClN3O6S. The topological polar surface area (TPSA) is 122 Å². The van der Waals surface area contributed by atoms with E-state index in [4.69, 9.17) is 16.0 Å². The van der Waals surface area contributed by atoms with Crippen LogP contribution in [-0.2, 0) is 20.9 Å². The number of nitrogens with zero attached hydrogens (tertiary/aromatic N) is 2. The molecule has 1 aromatic carbocycles. The smallest absolute Gasteiger partial charge is 0.420 e. The van der Waals surface area contributed by atoms with E-state index >= 15 is 0 Å². The molecule has 3 heterocycles. The zero-order valence-electron chi connectivity index (χ0n) is 14.5. The van der Waals surface area contributed by atoms with Crippen molar-refractivity contribution in [3.63, 3.8) is 0 Å². The molecule has 1 saturated heterocycles. The van der Waals surface area contributed by atoms with Crippen LogP contribution in [-0.4, -0.2) is 49.5 Å². The third-order valence-corrected chi connectivity index (χ3v) is 6.27. The van der Waals surface area contributed by atoms with E-state index in [1.54, 1.807) is 13.0 Å². The van der Waals surface area contributed by atoms with E-state index < -0.39 is 35.0 Å². The number of aliphatic carboxylic acids is 1. The Morgan fingerprint density at radius 1 is 1.39 bits per heavy atom. The Bertz CT molecular complexity index is 1120. The normalized spacial score (nSPS) is 21.5. The fraction of sp³-hybridized carbons (Fsp3) is 0.294. The van der Waals surface area contributed by atoms with Gasteiger partial charge in [0.05, 0.1) is 5.52 Å². The Balaban J connectivity index is 1.51. The van der Waals surface area contributed by atoms with Gasteiger partial charge in [0.1, 0.15) is 23.7 Å². The number of oxazole rings is 1. The highest BCUT2D eigenvalue weighted by Gasteiger charge is 2.53. The van der Waals surface area contributed by atoms with Crippen molar-refractivity contribution in [3.8, 4) is 0 Å². The predicted octanol–water partition coefficient (Wildman–Crippen LogP) is 1.01.